The molecule has 3 aromatic rings. The molecule has 6 heteroatoms. The van der Waals surface area contributed by atoms with Gasteiger partial charge in [-0.2, -0.15) is 0 Å². The lowest BCUT2D eigenvalue weighted by Crippen LogP contribution is -2.37. The molecule has 0 fully saturated rings. The molecule has 0 atom stereocenters. The van der Waals surface area contributed by atoms with Crippen molar-refractivity contribution in [3.8, 4) is 0 Å². The third-order valence-electron chi connectivity index (χ3n) is 5.23. The number of aryl methyl sites for hydroxylation is 1. The molecule has 0 saturated heterocycles. The van der Waals surface area contributed by atoms with Gasteiger partial charge in [0.1, 0.15) is 0 Å². The molecule has 29 heavy (non-hydrogen) atoms. The van der Waals surface area contributed by atoms with Gasteiger partial charge in [0.05, 0.1) is 16.1 Å². The standard InChI is InChI=1S/C23H22N2O3S/c1-24(29(27,28)19-12-3-2-4-13-19)22-16-8-6-14-20(22)23(26)25-17-9-11-18-10-5-7-15-21(18)25/h2-8,10,12-16H,9,11,17H2,1H3. The van der Waals surface area contributed by atoms with Crippen LogP contribution in [0.1, 0.15) is 22.3 Å². The molecule has 5 nitrogen and oxygen atoms in total. The highest BCUT2D eigenvalue weighted by atomic mass is 32.2. The number of hydrogen-bond acceptors (Lipinski definition) is 3. The number of carbonyl (C=O) groups excluding carboxylic acids is 1. The number of sulfonamides is 1. The minimum atomic E-state index is -3.78. The summed E-state index contributed by atoms with van der Waals surface area (Å²) in [5.41, 5.74) is 2.76. The van der Waals surface area contributed by atoms with Gasteiger partial charge in [-0.15, -0.1) is 0 Å². The Hall–Kier alpha value is -3.12. The van der Waals surface area contributed by atoms with Gasteiger partial charge in [-0.05, 0) is 48.7 Å². The van der Waals surface area contributed by atoms with Gasteiger partial charge in [0.25, 0.3) is 15.9 Å². The highest BCUT2D eigenvalue weighted by molar-refractivity contribution is 7.92. The number of nitrogens with zero attached hydrogens (tertiary/aromatic N) is 2. The van der Waals surface area contributed by atoms with Gasteiger partial charge >= 0.3 is 0 Å². The van der Waals surface area contributed by atoms with E-state index in [1.165, 1.54) is 11.4 Å². The van der Waals surface area contributed by atoms with Crippen LogP contribution in [-0.2, 0) is 16.4 Å². The van der Waals surface area contributed by atoms with Crippen LogP contribution in [0.3, 0.4) is 0 Å². The zero-order valence-electron chi connectivity index (χ0n) is 16.2. The van der Waals surface area contributed by atoms with Gasteiger partial charge in [-0.25, -0.2) is 8.42 Å². The fourth-order valence-corrected chi connectivity index (χ4v) is 4.93. The summed E-state index contributed by atoms with van der Waals surface area (Å²) in [6.07, 6.45) is 1.81. The topological polar surface area (TPSA) is 57.7 Å². The summed E-state index contributed by atoms with van der Waals surface area (Å²) >= 11 is 0. The van der Waals surface area contributed by atoms with Gasteiger partial charge in [-0.3, -0.25) is 9.10 Å². The second kappa shape index (κ2) is 7.72. The van der Waals surface area contributed by atoms with Crippen molar-refractivity contribution in [1.29, 1.82) is 0 Å². The summed E-state index contributed by atoms with van der Waals surface area (Å²) in [5, 5.41) is 0. The van der Waals surface area contributed by atoms with Crippen LogP contribution in [0.5, 0.6) is 0 Å². The van der Waals surface area contributed by atoms with E-state index in [1.54, 1.807) is 59.5 Å². The van der Waals surface area contributed by atoms with E-state index in [-0.39, 0.29) is 10.8 Å². The van der Waals surface area contributed by atoms with E-state index >= 15 is 0 Å². The Morgan fingerprint density at radius 2 is 1.55 bits per heavy atom. The van der Waals surface area contributed by atoms with Gasteiger partial charge in [-0.1, -0.05) is 48.5 Å². The first-order valence-corrected chi connectivity index (χ1v) is 11.0. The fraction of sp³-hybridized carbons (Fsp3) is 0.174. The summed E-state index contributed by atoms with van der Waals surface area (Å²) < 4.78 is 27.4. The zero-order chi connectivity index (χ0) is 20.4. The summed E-state index contributed by atoms with van der Waals surface area (Å²) in [4.78, 5) is 15.4. The predicted molar refractivity (Wildman–Crippen MR) is 115 cm³/mol. The van der Waals surface area contributed by atoms with E-state index in [4.69, 9.17) is 0 Å². The van der Waals surface area contributed by atoms with E-state index in [1.807, 2.05) is 24.3 Å². The van der Waals surface area contributed by atoms with Crippen LogP contribution >= 0.6 is 0 Å². The molecule has 1 amide bonds. The number of anilines is 2. The van der Waals surface area contributed by atoms with Gasteiger partial charge in [0.2, 0.25) is 0 Å². The molecule has 0 spiro atoms. The maximum Gasteiger partial charge on any atom is 0.264 e. The van der Waals surface area contributed by atoms with Gasteiger partial charge in [0, 0.05) is 19.3 Å². The Bertz CT molecular complexity index is 1140. The lowest BCUT2D eigenvalue weighted by Gasteiger charge is -2.31. The average molecular weight is 407 g/mol. The molecular formula is C23H22N2O3S. The Kier molecular flexibility index (Phi) is 5.11. The molecule has 3 aromatic carbocycles. The van der Waals surface area contributed by atoms with Crippen LogP contribution in [0.2, 0.25) is 0 Å². The number of carbonyl (C=O) groups is 1. The first kappa shape index (κ1) is 19.2. The Morgan fingerprint density at radius 1 is 0.897 bits per heavy atom. The van der Waals surface area contributed by atoms with E-state index in [2.05, 4.69) is 0 Å². The highest BCUT2D eigenvalue weighted by Crippen LogP contribution is 2.31. The minimum absolute atomic E-state index is 0.188. The van der Waals surface area contributed by atoms with Crippen molar-refractivity contribution >= 4 is 27.3 Å². The summed E-state index contributed by atoms with van der Waals surface area (Å²) in [5.74, 6) is -0.192. The van der Waals surface area contributed by atoms with Crippen molar-refractivity contribution in [2.45, 2.75) is 17.7 Å². The van der Waals surface area contributed by atoms with E-state index < -0.39 is 10.0 Å². The van der Waals surface area contributed by atoms with Crippen LogP contribution in [-0.4, -0.2) is 27.9 Å². The number of rotatable bonds is 4. The second-order valence-corrected chi connectivity index (χ2v) is 8.96. The molecule has 148 valence electrons. The molecule has 0 radical (unpaired) electrons. The van der Waals surface area contributed by atoms with Crippen molar-refractivity contribution in [3.63, 3.8) is 0 Å². The number of hydrogen-bond donors (Lipinski definition) is 0. The first-order chi connectivity index (χ1) is 14.0. The van der Waals surface area contributed by atoms with Crippen LogP contribution < -0.4 is 9.21 Å². The molecule has 4 rings (SSSR count). The van der Waals surface area contributed by atoms with Crippen molar-refractivity contribution in [3.05, 3.63) is 90.0 Å². The number of amides is 1. The first-order valence-electron chi connectivity index (χ1n) is 9.53. The summed E-state index contributed by atoms with van der Waals surface area (Å²) in [6.45, 7) is 0.610. The SMILES string of the molecule is CN(c1ccccc1C(=O)N1CCCc2ccccc21)S(=O)(=O)c1ccccc1. The summed E-state index contributed by atoms with van der Waals surface area (Å²) in [7, 11) is -2.29. The molecule has 1 heterocycles. The third kappa shape index (κ3) is 3.51. The van der Waals surface area contributed by atoms with Crippen LogP contribution in [0.4, 0.5) is 11.4 Å². The Balaban J connectivity index is 1.74. The zero-order valence-corrected chi connectivity index (χ0v) is 17.0. The van der Waals surface area contributed by atoms with Crippen LogP contribution in [0, 0.1) is 0 Å². The number of fused-ring (bicyclic) bond motifs is 1. The van der Waals surface area contributed by atoms with E-state index in [0.717, 1.165) is 24.1 Å². The largest absolute Gasteiger partial charge is 0.308 e. The third-order valence-corrected chi connectivity index (χ3v) is 7.02. The molecule has 0 aliphatic carbocycles. The lowest BCUT2D eigenvalue weighted by atomic mass is 10.0. The van der Waals surface area contributed by atoms with Crippen LogP contribution in [0.25, 0.3) is 0 Å². The molecule has 0 N–H and O–H groups in total. The quantitative estimate of drug-likeness (QED) is 0.655. The maximum atomic E-state index is 13.5. The normalized spacial score (nSPS) is 13.6. The highest BCUT2D eigenvalue weighted by Gasteiger charge is 2.29. The minimum Gasteiger partial charge on any atom is -0.308 e. The number of para-hydroxylation sites is 2. The van der Waals surface area contributed by atoms with Crippen molar-refractivity contribution in [2.75, 3.05) is 22.8 Å². The molecule has 0 aromatic heterocycles. The molecular weight excluding hydrogens is 384 g/mol. The van der Waals surface area contributed by atoms with Crippen molar-refractivity contribution in [1.82, 2.24) is 0 Å². The van der Waals surface area contributed by atoms with Gasteiger partial charge in [0.15, 0.2) is 0 Å². The number of benzene rings is 3. The molecule has 0 bridgehead atoms. The predicted octanol–water partition coefficient (Wildman–Crippen LogP) is 4.10. The molecule has 1 aliphatic rings. The molecule has 1 aliphatic heterocycles. The fourth-order valence-electron chi connectivity index (χ4n) is 3.70. The van der Waals surface area contributed by atoms with Crippen LogP contribution in [0.15, 0.2) is 83.8 Å². The lowest BCUT2D eigenvalue weighted by molar-refractivity contribution is 0.0986. The Morgan fingerprint density at radius 3 is 2.34 bits per heavy atom. The van der Waals surface area contributed by atoms with Crippen molar-refractivity contribution in [2.24, 2.45) is 0 Å². The molecule has 0 unspecified atom stereocenters. The van der Waals surface area contributed by atoms with E-state index in [9.17, 15) is 13.2 Å². The van der Waals surface area contributed by atoms with E-state index in [0.29, 0.717) is 17.8 Å². The maximum absolute atomic E-state index is 13.5. The van der Waals surface area contributed by atoms with Crippen molar-refractivity contribution < 1.29 is 13.2 Å². The average Bonchev–Trinajstić information content (AvgIpc) is 2.78. The Labute approximate surface area is 171 Å². The van der Waals surface area contributed by atoms with Gasteiger partial charge < -0.3 is 4.90 Å². The monoisotopic (exact) mass is 406 g/mol. The second-order valence-electron chi connectivity index (χ2n) is 6.99. The smallest absolute Gasteiger partial charge is 0.264 e. The molecule has 0 saturated carbocycles. The summed E-state index contributed by atoms with van der Waals surface area (Å²) in [6, 6.07) is 23.0.